The Hall–Kier alpha value is -4.02. The molecule has 0 aromatic heterocycles. The summed E-state index contributed by atoms with van der Waals surface area (Å²) in [6.07, 6.45) is 2.13. The molecule has 2 bridgehead atoms. The number of ether oxygens (including phenoxy) is 1. The molecule has 2 fully saturated rings. The van der Waals surface area contributed by atoms with Crippen molar-refractivity contribution in [2.45, 2.75) is 48.5 Å². The number of hydrogen-bond acceptors (Lipinski definition) is 7. The van der Waals surface area contributed by atoms with Crippen molar-refractivity contribution in [3.8, 4) is 16.9 Å². The van der Waals surface area contributed by atoms with Crippen molar-refractivity contribution >= 4 is 37.4 Å². The molecule has 4 N–H and O–H groups in total. The summed E-state index contributed by atoms with van der Waals surface area (Å²) in [4.78, 5) is 26.5. The Bertz CT molecular complexity index is 1970. The first-order chi connectivity index (χ1) is 22.3. The van der Waals surface area contributed by atoms with Crippen molar-refractivity contribution in [1.29, 1.82) is 0 Å². The normalized spacial score (nSPS) is 22.4. The summed E-state index contributed by atoms with van der Waals surface area (Å²) in [7, 11) is -8.05. The van der Waals surface area contributed by atoms with E-state index in [1.807, 2.05) is 0 Å². The second kappa shape index (κ2) is 12.8. The number of hydrogen-bond donors (Lipinski definition) is 3. The number of methoxy groups -OCH3 is 1. The fraction of sp³-hybridized carbons (Fsp3) is 0.375. The van der Waals surface area contributed by atoms with Gasteiger partial charge in [-0.3, -0.25) is 9.59 Å². The molecule has 10 nitrogen and oxygen atoms in total. The van der Waals surface area contributed by atoms with E-state index in [-0.39, 0.29) is 46.6 Å². The van der Waals surface area contributed by atoms with Gasteiger partial charge in [-0.05, 0) is 79.8 Å². The number of sulfone groups is 1. The molecule has 48 heavy (non-hydrogen) atoms. The van der Waals surface area contributed by atoms with Crippen LogP contribution < -0.4 is 20.5 Å². The predicted molar refractivity (Wildman–Crippen MR) is 169 cm³/mol. The van der Waals surface area contributed by atoms with Gasteiger partial charge in [0.2, 0.25) is 15.9 Å². The van der Waals surface area contributed by atoms with Gasteiger partial charge in [0.25, 0.3) is 15.7 Å². The maximum absolute atomic E-state index is 15.3. The van der Waals surface area contributed by atoms with Crippen LogP contribution in [-0.2, 0) is 31.1 Å². The van der Waals surface area contributed by atoms with Gasteiger partial charge in [-0.25, -0.2) is 26.4 Å². The summed E-state index contributed by atoms with van der Waals surface area (Å²) in [5.74, 6) is -3.37. The highest BCUT2D eigenvalue weighted by atomic mass is 32.2. The predicted octanol–water partition coefficient (Wildman–Crippen LogP) is 4.80. The molecule has 16 heteroatoms. The lowest BCUT2D eigenvalue weighted by Gasteiger charge is -2.41. The third-order valence-electron chi connectivity index (χ3n) is 9.29. The SMILES string of the molecule is COc1cc(F)c(-c2ccc(CCS(N)(=O)=O)cc2)cc1C(=O)N[C@]1(C)[C@H]2CC[C@H](C2)[C@H]1C(=O)Nc1cccc(S(=O)(=O)C(F)(F)F)c1. The number of fused-ring (bicyclic) bond motifs is 2. The lowest BCUT2D eigenvalue weighted by Crippen LogP contribution is -2.58. The highest BCUT2D eigenvalue weighted by Crippen LogP contribution is 2.55. The molecule has 3 aromatic rings. The number of primary sulfonamides is 1. The van der Waals surface area contributed by atoms with Gasteiger partial charge in [0.05, 0.1) is 34.8 Å². The summed E-state index contributed by atoms with van der Waals surface area (Å²) >= 11 is 0. The van der Waals surface area contributed by atoms with Crippen LogP contribution in [0.3, 0.4) is 0 Å². The first-order valence-electron chi connectivity index (χ1n) is 14.9. The van der Waals surface area contributed by atoms with Gasteiger partial charge in [0, 0.05) is 17.3 Å². The third-order valence-corrected chi connectivity index (χ3v) is 11.6. The lowest BCUT2D eigenvalue weighted by molar-refractivity contribution is -0.123. The Morgan fingerprint density at radius 2 is 1.71 bits per heavy atom. The van der Waals surface area contributed by atoms with Crippen LogP contribution in [0.4, 0.5) is 23.2 Å². The summed E-state index contributed by atoms with van der Waals surface area (Å²) < 4.78 is 106. The van der Waals surface area contributed by atoms with Crippen molar-refractivity contribution in [3.05, 3.63) is 77.6 Å². The number of amides is 2. The van der Waals surface area contributed by atoms with Crippen LogP contribution in [0.1, 0.15) is 42.1 Å². The number of nitrogens with two attached hydrogens (primary N) is 1. The van der Waals surface area contributed by atoms with Crippen LogP contribution in [0.2, 0.25) is 0 Å². The van der Waals surface area contributed by atoms with Crippen molar-refractivity contribution in [2.75, 3.05) is 18.2 Å². The van der Waals surface area contributed by atoms with E-state index in [0.717, 1.165) is 24.3 Å². The number of carbonyl (C=O) groups is 2. The Labute approximate surface area is 275 Å². The number of carbonyl (C=O) groups excluding carboxylic acids is 2. The van der Waals surface area contributed by atoms with E-state index in [2.05, 4.69) is 10.6 Å². The zero-order valence-corrected chi connectivity index (χ0v) is 27.4. The van der Waals surface area contributed by atoms with Crippen molar-refractivity contribution < 1.29 is 48.7 Å². The quantitative estimate of drug-likeness (QED) is 0.255. The average Bonchev–Trinajstić information content (AvgIpc) is 3.59. The van der Waals surface area contributed by atoms with Gasteiger partial charge >= 0.3 is 5.51 Å². The second-order valence-electron chi connectivity index (χ2n) is 12.3. The molecule has 258 valence electrons. The minimum Gasteiger partial charge on any atom is -0.496 e. The lowest BCUT2D eigenvalue weighted by atomic mass is 9.73. The highest BCUT2D eigenvalue weighted by molar-refractivity contribution is 7.92. The van der Waals surface area contributed by atoms with Gasteiger partial charge < -0.3 is 15.4 Å². The Kier molecular flexibility index (Phi) is 9.40. The minimum atomic E-state index is -5.65. The van der Waals surface area contributed by atoms with Crippen LogP contribution >= 0.6 is 0 Å². The number of anilines is 1. The molecule has 0 heterocycles. The summed E-state index contributed by atoms with van der Waals surface area (Å²) in [5, 5.41) is 10.6. The third kappa shape index (κ3) is 6.91. The topological polar surface area (TPSA) is 162 Å². The van der Waals surface area contributed by atoms with E-state index in [1.165, 1.54) is 19.2 Å². The molecule has 0 saturated heterocycles. The monoisotopic (exact) mass is 711 g/mol. The fourth-order valence-electron chi connectivity index (χ4n) is 6.91. The van der Waals surface area contributed by atoms with Gasteiger partial charge in [-0.15, -0.1) is 0 Å². The standard InChI is InChI=1S/C32H33F4N3O7S2/c1-31(21-11-10-20(14-21)28(31)30(41)38-22-4-3-5-23(15-22)48(44,45)32(34,35)36)39-29(40)25-16-24(26(33)17-27(25)46-2)19-8-6-18(7-9-19)12-13-47(37,42)43/h3-9,15-17,20-21,28H,10-14H2,1-2H3,(H,38,41)(H,39,40)(H2,37,42,43)/t20-,21+,28+,31-/m1/s1. The number of alkyl halides is 3. The van der Waals surface area contributed by atoms with Crippen LogP contribution in [0.15, 0.2) is 65.6 Å². The number of halogens is 4. The van der Waals surface area contributed by atoms with Crippen LogP contribution in [0.25, 0.3) is 11.1 Å². The molecular weight excluding hydrogens is 678 g/mol. The Morgan fingerprint density at radius 3 is 2.33 bits per heavy atom. The Balaban J connectivity index is 1.40. The van der Waals surface area contributed by atoms with Gasteiger partial charge in [0.1, 0.15) is 11.6 Å². The molecule has 4 atom stereocenters. The number of sulfonamides is 1. The smallest absolute Gasteiger partial charge is 0.496 e. The van der Waals surface area contributed by atoms with Gasteiger partial charge in [-0.2, -0.15) is 13.2 Å². The summed E-state index contributed by atoms with van der Waals surface area (Å²) in [6, 6.07) is 12.7. The molecular formula is C32H33F4N3O7S2. The first-order valence-corrected chi connectivity index (χ1v) is 18.1. The zero-order chi connectivity index (χ0) is 35.2. The highest BCUT2D eigenvalue weighted by Gasteiger charge is 2.59. The molecule has 0 aliphatic heterocycles. The van der Waals surface area contributed by atoms with Crippen LogP contribution in [0, 0.1) is 23.6 Å². The molecule has 0 radical (unpaired) electrons. The number of aryl methyl sites for hydroxylation is 1. The maximum atomic E-state index is 15.3. The fourth-order valence-corrected chi connectivity index (χ4v) is 8.24. The molecule has 0 spiro atoms. The van der Waals surface area contributed by atoms with Gasteiger partial charge in [0.15, 0.2) is 0 Å². The van der Waals surface area contributed by atoms with Crippen LogP contribution in [0.5, 0.6) is 5.75 Å². The van der Waals surface area contributed by atoms with E-state index >= 15 is 4.39 Å². The molecule has 0 unspecified atom stereocenters. The molecule has 2 aliphatic carbocycles. The average molecular weight is 712 g/mol. The second-order valence-corrected chi connectivity index (χ2v) is 16.0. The van der Waals surface area contributed by atoms with Crippen molar-refractivity contribution in [1.82, 2.24) is 5.32 Å². The number of rotatable bonds is 10. The summed E-state index contributed by atoms with van der Waals surface area (Å²) in [6.45, 7) is 1.71. The number of benzene rings is 3. The van der Waals surface area contributed by atoms with Crippen molar-refractivity contribution in [3.63, 3.8) is 0 Å². The van der Waals surface area contributed by atoms with E-state index in [0.29, 0.717) is 30.4 Å². The Morgan fingerprint density at radius 1 is 1.02 bits per heavy atom. The molecule has 3 aromatic carbocycles. The van der Waals surface area contributed by atoms with Crippen molar-refractivity contribution in [2.24, 2.45) is 22.9 Å². The molecule has 5 rings (SSSR count). The van der Waals surface area contributed by atoms with Gasteiger partial charge in [-0.1, -0.05) is 30.3 Å². The largest absolute Gasteiger partial charge is 0.501 e. The van der Waals surface area contributed by atoms with E-state index in [1.54, 1.807) is 31.2 Å². The maximum Gasteiger partial charge on any atom is 0.501 e. The minimum absolute atomic E-state index is 0.0135. The van der Waals surface area contributed by atoms with E-state index in [4.69, 9.17) is 9.88 Å². The zero-order valence-electron chi connectivity index (χ0n) is 25.8. The molecule has 2 saturated carbocycles. The van der Waals surface area contributed by atoms with E-state index in [9.17, 15) is 39.6 Å². The van der Waals surface area contributed by atoms with Crippen LogP contribution in [-0.4, -0.2) is 52.6 Å². The first kappa shape index (κ1) is 35.3. The molecule has 2 aliphatic rings. The van der Waals surface area contributed by atoms with E-state index < -0.39 is 59.4 Å². The molecule has 2 amide bonds. The number of nitrogens with one attached hydrogen (secondary N) is 2. The summed E-state index contributed by atoms with van der Waals surface area (Å²) in [5.41, 5.74) is -5.68.